The van der Waals surface area contributed by atoms with E-state index >= 15 is 0 Å². The van der Waals surface area contributed by atoms with Gasteiger partial charge in [-0.1, -0.05) is 40.6 Å². The molecule has 8 nitrogen and oxygen atoms in total. The van der Waals surface area contributed by atoms with E-state index in [1.807, 2.05) is 0 Å². The van der Waals surface area contributed by atoms with Gasteiger partial charge in [0.1, 0.15) is 10.7 Å². The molecule has 1 aliphatic carbocycles. The number of nitrogens with one attached hydrogen (secondary N) is 2. The van der Waals surface area contributed by atoms with Gasteiger partial charge in [0.05, 0.1) is 28.0 Å². The molecule has 2 aliphatic rings. The summed E-state index contributed by atoms with van der Waals surface area (Å²) >= 11 is 13.5. The number of nitrogen functional groups attached to an aromatic ring is 1. The van der Waals surface area contributed by atoms with E-state index in [1.54, 1.807) is 18.2 Å². The average molecular weight is 534 g/mol. The van der Waals surface area contributed by atoms with Gasteiger partial charge in [-0.3, -0.25) is 4.79 Å². The number of hydrogen-bond acceptors (Lipinski definition) is 8. The van der Waals surface area contributed by atoms with Crippen molar-refractivity contribution in [3.8, 4) is 0 Å². The molecule has 12 heteroatoms. The maximum atomic E-state index is 12.9. The van der Waals surface area contributed by atoms with Crippen LogP contribution in [0.15, 0.2) is 18.2 Å². The highest BCUT2D eigenvalue weighted by Crippen LogP contribution is 2.34. The Morgan fingerprint density at radius 3 is 2.45 bits per heavy atom. The van der Waals surface area contributed by atoms with Gasteiger partial charge in [-0.05, 0) is 50.2 Å². The highest BCUT2D eigenvalue weighted by Gasteiger charge is 2.29. The van der Waals surface area contributed by atoms with Crippen molar-refractivity contribution in [1.29, 1.82) is 0 Å². The van der Waals surface area contributed by atoms with Crippen molar-refractivity contribution in [3.05, 3.63) is 38.7 Å². The number of anilines is 2. The van der Waals surface area contributed by atoms with Crippen LogP contribution in [-0.2, 0) is 14.8 Å². The predicted octanol–water partition coefficient (Wildman–Crippen LogP) is 3.94. The lowest BCUT2D eigenvalue weighted by molar-refractivity contribution is 0.104. The number of nitrogens with two attached hydrogens (primary N) is 1. The summed E-state index contributed by atoms with van der Waals surface area (Å²) in [6.45, 7) is 1.15. The third-order valence-electron chi connectivity index (χ3n) is 5.93. The zero-order valence-corrected chi connectivity index (χ0v) is 21.0. The fourth-order valence-corrected chi connectivity index (χ4v) is 7.44. The molecule has 4 N–H and O–H groups in total. The van der Waals surface area contributed by atoms with Crippen molar-refractivity contribution in [3.63, 3.8) is 0 Å². The van der Waals surface area contributed by atoms with Gasteiger partial charge in [0.25, 0.3) is 0 Å². The molecule has 33 heavy (non-hydrogen) atoms. The van der Waals surface area contributed by atoms with Crippen LogP contribution in [0.1, 0.15) is 47.3 Å². The number of ketones is 1. The van der Waals surface area contributed by atoms with Gasteiger partial charge in [-0.2, -0.15) is 0 Å². The van der Waals surface area contributed by atoms with Crippen molar-refractivity contribution >= 4 is 61.3 Å². The van der Waals surface area contributed by atoms with Crippen molar-refractivity contribution in [1.82, 2.24) is 9.71 Å². The quantitative estimate of drug-likeness (QED) is 0.439. The Morgan fingerprint density at radius 1 is 1.15 bits per heavy atom. The number of rotatable bonds is 8. The minimum absolute atomic E-state index is 0.0729. The van der Waals surface area contributed by atoms with E-state index in [-0.39, 0.29) is 55.8 Å². The third-order valence-corrected chi connectivity index (χ3v) is 9.16. The minimum Gasteiger partial charge on any atom is -0.382 e. The summed E-state index contributed by atoms with van der Waals surface area (Å²) in [4.78, 5) is 17.5. The molecule has 4 rings (SSSR count). The number of benzene rings is 1. The maximum absolute atomic E-state index is 12.9. The summed E-state index contributed by atoms with van der Waals surface area (Å²) < 4.78 is 33.0. The Morgan fingerprint density at radius 2 is 1.82 bits per heavy atom. The average Bonchev–Trinajstić information content (AvgIpc) is 3.38. The molecule has 2 fully saturated rings. The molecule has 1 unspecified atom stereocenters. The molecule has 0 amide bonds. The molecule has 1 aliphatic heterocycles. The van der Waals surface area contributed by atoms with E-state index in [0.29, 0.717) is 18.3 Å². The molecular weight excluding hydrogens is 507 g/mol. The molecule has 1 aromatic heterocycles. The SMILES string of the molecule is Nc1nc(NC2CCC(NS(=O)(=O)CC3CCOC3)CC2)sc1C(=O)c1c(Cl)cccc1Cl. The van der Waals surface area contributed by atoms with Crippen LogP contribution in [0.25, 0.3) is 0 Å². The predicted molar refractivity (Wildman–Crippen MR) is 132 cm³/mol. The fraction of sp³-hybridized carbons (Fsp3) is 0.524. The van der Waals surface area contributed by atoms with Crippen LogP contribution in [0.2, 0.25) is 10.0 Å². The summed E-state index contributed by atoms with van der Waals surface area (Å²) in [5.41, 5.74) is 6.22. The van der Waals surface area contributed by atoms with Crippen LogP contribution in [0.4, 0.5) is 10.9 Å². The number of aromatic nitrogens is 1. The molecule has 1 atom stereocenters. The number of carbonyl (C=O) groups is 1. The van der Waals surface area contributed by atoms with E-state index in [4.69, 9.17) is 33.7 Å². The van der Waals surface area contributed by atoms with Crippen LogP contribution in [0.5, 0.6) is 0 Å². The van der Waals surface area contributed by atoms with E-state index in [9.17, 15) is 13.2 Å². The normalized spacial score (nSPS) is 23.5. The molecular formula is C21H26Cl2N4O4S2. The number of thiazole rings is 1. The van der Waals surface area contributed by atoms with E-state index in [2.05, 4.69) is 15.0 Å². The number of halogens is 2. The minimum atomic E-state index is -3.32. The topological polar surface area (TPSA) is 123 Å². The van der Waals surface area contributed by atoms with Crippen molar-refractivity contribution in [2.75, 3.05) is 30.0 Å². The monoisotopic (exact) mass is 532 g/mol. The molecule has 0 bridgehead atoms. The first-order valence-corrected chi connectivity index (χ1v) is 14.0. The Kier molecular flexibility index (Phi) is 7.82. The van der Waals surface area contributed by atoms with Crippen LogP contribution < -0.4 is 15.8 Å². The lowest BCUT2D eigenvalue weighted by atomic mass is 9.92. The molecule has 0 radical (unpaired) electrons. The second-order valence-corrected chi connectivity index (χ2v) is 12.1. The lowest BCUT2D eigenvalue weighted by Crippen LogP contribution is -2.42. The van der Waals surface area contributed by atoms with Gasteiger partial charge >= 0.3 is 0 Å². The summed E-state index contributed by atoms with van der Waals surface area (Å²) in [6, 6.07) is 4.92. The van der Waals surface area contributed by atoms with Crippen molar-refractivity contribution < 1.29 is 17.9 Å². The van der Waals surface area contributed by atoms with Crippen LogP contribution in [-0.4, -0.2) is 50.2 Å². The van der Waals surface area contributed by atoms with Crippen molar-refractivity contribution in [2.24, 2.45) is 5.92 Å². The first-order valence-electron chi connectivity index (χ1n) is 10.8. The molecule has 0 spiro atoms. The lowest BCUT2D eigenvalue weighted by Gasteiger charge is -2.29. The fourth-order valence-electron chi connectivity index (χ4n) is 4.24. The van der Waals surface area contributed by atoms with E-state index in [0.717, 1.165) is 43.4 Å². The van der Waals surface area contributed by atoms with Gasteiger partial charge in [-0.15, -0.1) is 0 Å². The highest BCUT2D eigenvalue weighted by molar-refractivity contribution is 7.89. The number of sulfonamides is 1. The Labute approximate surface area is 207 Å². The highest BCUT2D eigenvalue weighted by atomic mass is 35.5. The van der Waals surface area contributed by atoms with Crippen molar-refractivity contribution in [2.45, 2.75) is 44.2 Å². The molecule has 1 saturated heterocycles. The van der Waals surface area contributed by atoms with Crippen LogP contribution >= 0.6 is 34.5 Å². The number of nitrogens with zero attached hydrogens (tertiary/aromatic N) is 1. The summed E-state index contributed by atoms with van der Waals surface area (Å²) in [5, 5.41) is 4.40. The number of ether oxygens (including phenoxy) is 1. The summed E-state index contributed by atoms with van der Waals surface area (Å²) in [6.07, 6.45) is 3.79. The van der Waals surface area contributed by atoms with Gasteiger partial charge in [0.15, 0.2) is 5.13 Å². The molecule has 2 aromatic rings. The Hall–Kier alpha value is -1.43. The van der Waals surface area contributed by atoms with E-state index < -0.39 is 10.0 Å². The standard InChI is InChI=1S/C21H26Cl2N4O4S2/c22-15-2-1-3-16(23)17(15)18(28)19-20(24)26-21(32-19)25-13-4-6-14(7-5-13)27-33(29,30)11-12-8-9-31-10-12/h1-3,12-14,27H,4-11,24H2,(H,25,26). The van der Waals surface area contributed by atoms with Gasteiger partial charge < -0.3 is 15.8 Å². The summed E-state index contributed by atoms with van der Waals surface area (Å²) in [5.74, 6) is -0.0378. The second kappa shape index (κ2) is 10.5. The number of carbonyl (C=O) groups excluding carboxylic acids is 1. The first kappa shape index (κ1) is 24.7. The maximum Gasteiger partial charge on any atom is 0.212 e. The Balaban J connectivity index is 1.32. The molecule has 1 saturated carbocycles. The van der Waals surface area contributed by atoms with Crippen LogP contribution in [0.3, 0.4) is 0 Å². The number of hydrogen-bond donors (Lipinski definition) is 3. The Bertz CT molecular complexity index is 1090. The summed E-state index contributed by atoms with van der Waals surface area (Å²) in [7, 11) is -3.32. The molecule has 2 heterocycles. The van der Waals surface area contributed by atoms with E-state index in [1.165, 1.54) is 0 Å². The van der Waals surface area contributed by atoms with Gasteiger partial charge in [-0.25, -0.2) is 18.1 Å². The van der Waals surface area contributed by atoms with Gasteiger partial charge in [0.2, 0.25) is 15.8 Å². The first-order chi connectivity index (χ1) is 15.7. The smallest absolute Gasteiger partial charge is 0.212 e. The van der Waals surface area contributed by atoms with Crippen LogP contribution in [0, 0.1) is 5.92 Å². The molecule has 180 valence electrons. The zero-order chi connectivity index (χ0) is 23.6. The molecule has 1 aromatic carbocycles. The third kappa shape index (κ3) is 6.17. The van der Waals surface area contributed by atoms with Gasteiger partial charge in [0, 0.05) is 18.7 Å². The second-order valence-electron chi connectivity index (χ2n) is 8.48. The largest absolute Gasteiger partial charge is 0.382 e. The zero-order valence-electron chi connectivity index (χ0n) is 17.9.